The largest absolute Gasteiger partial charge is 0.389 e. The average Bonchev–Trinajstić information content (AvgIpc) is 2.90. The van der Waals surface area contributed by atoms with Gasteiger partial charge in [0.15, 0.2) is 0 Å². The summed E-state index contributed by atoms with van der Waals surface area (Å²) in [6.07, 6.45) is 3.21. The van der Waals surface area contributed by atoms with Crippen molar-refractivity contribution in [3.8, 4) is 0 Å². The highest BCUT2D eigenvalue weighted by Gasteiger charge is 2.38. The lowest BCUT2D eigenvalue weighted by Crippen LogP contribution is -2.32. The molecule has 3 heteroatoms. The van der Waals surface area contributed by atoms with Crippen LogP contribution in [0.1, 0.15) is 37.9 Å². The smallest absolute Gasteiger partial charge is 0.123 e. The van der Waals surface area contributed by atoms with Gasteiger partial charge in [-0.15, -0.1) is 0 Å². The van der Waals surface area contributed by atoms with E-state index < -0.39 is 6.10 Å². The molecule has 0 spiro atoms. The summed E-state index contributed by atoms with van der Waals surface area (Å²) in [4.78, 5) is 2.36. The van der Waals surface area contributed by atoms with E-state index in [0.717, 1.165) is 23.7 Å². The van der Waals surface area contributed by atoms with E-state index in [1.807, 2.05) is 6.07 Å². The van der Waals surface area contributed by atoms with Crippen LogP contribution in [0.4, 0.5) is 10.1 Å². The molecule has 2 unspecified atom stereocenters. The lowest BCUT2D eigenvalue weighted by atomic mass is 10.0. The summed E-state index contributed by atoms with van der Waals surface area (Å²) in [5, 5.41) is 9.77. The van der Waals surface area contributed by atoms with Gasteiger partial charge in [-0.3, -0.25) is 0 Å². The Labute approximate surface area is 101 Å². The molecule has 0 aromatic heterocycles. The molecular formula is C14H18FNO. The number of halogens is 1. The summed E-state index contributed by atoms with van der Waals surface area (Å²) in [6, 6.07) is 5.38. The second-order valence-corrected chi connectivity index (χ2v) is 5.36. The van der Waals surface area contributed by atoms with E-state index in [9.17, 15) is 9.50 Å². The van der Waals surface area contributed by atoms with Crippen molar-refractivity contribution in [3.63, 3.8) is 0 Å². The Hall–Kier alpha value is -1.09. The minimum atomic E-state index is -0.611. The van der Waals surface area contributed by atoms with E-state index in [0.29, 0.717) is 6.04 Å². The van der Waals surface area contributed by atoms with Gasteiger partial charge in [0.05, 0.1) is 6.10 Å². The number of benzene rings is 1. The van der Waals surface area contributed by atoms with E-state index in [1.54, 1.807) is 6.92 Å². The number of aliphatic hydroxyl groups excluding tert-OH is 1. The van der Waals surface area contributed by atoms with Crippen LogP contribution in [0, 0.1) is 11.7 Å². The minimum Gasteiger partial charge on any atom is -0.389 e. The molecule has 2 aliphatic rings. The molecule has 1 aliphatic heterocycles. The van der Waals surface area contributed by atoms with E-state index in [1.165, 1.54) is 31.4 Å². The highest BCUT2D eigenvalue weighted by molar-refractivity contribution is 5.57. The summed E-state index contributed by atoms with van der Waals surface area (Å²) in [7, 11) is 0. The molecule has 2 fully saturated rings. The predicted octanol–water partition coefficient (Wildman–Crippen LogP) is 2.87. The first-order valence-corrected chi connectivity index (χ1v) is 6.39. The fourth-order valence-electron chi connectivity index (χ4n) is 3.34. The molecule has 1 aromatic carbocycles. The maximum Gasteiger partial charge on any atom is 0.123 e. The zero-order valence-electron chi connectivity index (χ0n) is 10.1. The number of piperidine rings is 1. The molecule has 17 heavy (non-hydrogen) atoms. The summed E-state index contributed by atoms with van der Waals surface area (Å²) in [5.74, 6) is 0.529. The van der Waals surface area contributed by atoms with E-state index >= 15 is 0 Å². The summed E-state index contributed by atoms with van der Waals surface area (Å²) < 4.78 is 13.3. The van der Waals surface area contributed by atoms with Gasteiger partial charge >= 0.3 is 0 Å². The normalized spacial score (nSPS) is 28.8. The van der Waals surface area contributed by atoms with Crippen molar-refractivity contribution in [1.29, 1.82) is 0 Å². The van der Waals surface area contributed by atoms with Gasteiger partial charge in [-0.2, -0.15) is 0 Å². The molecular weight excluding hydrogens is 217 g/mol. The van der Waals surface area contributed by atoms with Gasteiger partial charge in [-0.05, 0) is 50.3 Å². The Morgan fingerprint density at radius 1 is 1.41 bits per heavy atom. The molecule has 1 aromatic rings. The maximum atomic E-state index is 13.3. The Morgan fingerprint density at radius 3 is 2.82 bits per heavy atom. The van der Waals surface area contributed by atoms with Crippen molar-refractivity contribution in [3.05, 3.63) is 29.6 Å². The molecule has 2 bridgehead atoms. The Balaban J connectivity index is 1.97. The second kappa shape index (κ2) is 3.98. The summed E-state index contributed by atoms with van der Waals surface area (Å²) >= 11 is 0. The van der Waals surface area contributed by atoms with Gasteiger partial charge < -0.3 is 10.0 Å². The first kappa shape index (κ1) is 11.0. The van der Waals surface area contributed by atoms with Gasteiger partial charge in [0.25, 0.3) is 0 Å². The number of nitrogens with zero attached hydrogens (tertiary/aromatic N) is 1. The van der Waals surface area contributed by atoms with Gasteiger partial charge in [-0.1, -0.05) is 0 Å². The van der Waals surface area contributed by atoms with Crippen molar-refractivity contribution >= 4 is 5.69 Å². The van der Waals surface area contributed by atoms with Gasteiger partial charge in [-0.25, -0.2) is 4.39 Å². The fraction of sp³-hybridized carbons (Fsp3) is 0.571. The zero-order valence-corrected chi connectivity index (χ0v) is 10.1. The Bertz CT molecular complexity index is 432. The monoisotopic (exact) mass is 235 g/mol. The molecule has 1 saturated heterocycles. The highest BCUT2D eigenvalue weighted by Crippen LogP contribution is 2.42. The van der Waals surface area contributed by atoms with E-state index in [4.69, 9.17) is 0 Å². The number of aliphatic hydroxyl groups is 1. The molecule has 3 atom stereocenters. The lowest BCUT2D eigenvalue weighted by Gasteiger charge is -2.31. The molecule has 3 rings (SSSR count). The van der Waals surface area contributed by atoms with Crippen molar-refractivity contribution in [1.82, 2.24) is 0 Å². The van der Waals surface area contributed by atoms with Crippen LogP contribution in [0.15, 0.2) is 18.2 Å². The van der Waals surface area contributed by atoms with Crippen LogP contribution in [0.5, 0.6) is 0 Å². The number of fused-ring (bicyclic) bond motifs is 2. The summed E-state index contributed by atoms with van der Waals surface area (Å²) in [5.41, 5.74) is 1.74. The average molecular weight is 235 g/mol. The molecule has 0 radical (unpaired) electrons. The molecule has 1 heterocycles. The molecule has 2 nitrogen and oxygen atoms in total. The number of hydrogen-bond acceptors (Lipinski definition) is 2. The molecule has 1 saturated carbocycles. The van der Waals surface area contributed by atoms with Crippen molar-refractivity contribution in [2.45, 2.75) is 38.3 Å². The van der Waals surface area contributed by atoms with Crippen LogP contribution in [0.25, 0.3) is 0 Å². The number of anilines is 1. The maximum absolute atomic E-state index is 13.3. The topological polar surface area (TPSA) is 23.5 Å². The van der Waals surface area contributed by atoms with Crippen LogP contribution in [-0.2, 0) is 0 Å². The van der Waals surface area contributed by atoms with Gasteiger partial charge in [0.1, 0.15) is 5.82 Å². The van der Waals surface area contributed by atoms with Crippen molar-refractivity contribution in [2.24, 2.45) is 5.92 Å². The lowest BCUT2D eigenvalue weighted by molar-refractivity contribution is 0.199. The van der Waals surface area contributed by atoms with Crippen LogP contribution >= 0.6 is 0 Å². The minimum absolute atomic E-state index is 0.269. The summed E-state index contributed by atoms with van der Waals surface area (Å²) in [6.45, 7) is 2.77. The fourth-order valence-corrected chi connectivity index (χ4v) is 3.34. The molecule has 1 N–H and O–H groups in total. The van der Waals surface area contributed by atoms with Gasteiger partial charge in [0.2, 0.25) is 0 Å². The zero-order chi connectivity index (χ0) is 12.0. The third-order valence-electron chi connectivity index (χ3n) is 4.16. The molecule has 0 amide bonds. The van der Waals surface area contributed by atoms with E-state index in [-0.39, 0.29) is 5.82 Å². The number of hydrogen-bond donors (Lipinski definition) is 1. The first-order valence-electron chi connectivity index (χ1n) is 6.39. The van der Waals surface area contributed by atoms with Crippen LogP contribution in [0.3, 0.4) is 0 Å². The number of rotatable bonds is 2. The van der Waals surface area contributed by atoms with E-state index in [2.05, 4.69) is 4.90 Å². The Morgan fingerprint density at radius 2 is 2.24 bits per heavy atom. The SMILES string of the molecule is C[C@@H](O)c1cc(F)ccc1N1CC2CCC1C2. The standard InChI is InChI=1S/C14H18FNO/c1-9(17)13-7-11(15)3-5-14(13)16-8-10-2-4-12(16)6-10/h3,5,7,9-10,12,17H,2,4,6,8H2,1H3/t9-,10?,12?/m1/s1. The molecule has 1 aliphatic carbocycles. The van der Waals surface area contributed by atoms with Gasteiger partial charge in [0, 0.05) is 23.8 Å². The van der Waals surface area contributed by atoms with Crippen molar-refractivity contribution in [2.75, 3.05) is 11.4 Å². The second-order valence-electron chi connectivity index (χ2n) is 5.36. The van der Waals surface area contributed by atoms with Crippen LogP contribution in [-0.4, -0.2) is 17.7 Å². The quantitative estimate of drug-likeness (QED) is 0.852. The predicted molar refractivity (Wildman–Crippen MR) is 65.5 cm³/mol. The van der Waals surface area contributed by atoms with Crippen molar-refractivity contribution < 1.29 is 9.50 Å². The van der Waals surface area contributed by atoms with Crippen LogP contribution in [0.2, 0.25) is 0 Å². The highest BCUT2D eigenvalue weighted by atomic mass is 19.1. The third-order valence-corrected chi connectivity index (χ3v) is 4.16. The Kier molecular flexibility index (Phi) is 2.58. The van der Waals surface area contributed by atoms with Crippen LogP contribution < -0.4 is 4.90 Å². The first-order chi connectivity index (χ1) is 8.15. The molecule has 92 valence electrons. The third kappa shape index (κ3) is 1.82.